The molecule has 0 aromatic carbocycles. The molecule has 2 unspecified atom stereocenters. The van der Waals surface area contributed by atoms with Crippen LogP contribution in [-0.4, -0.2) is 48.5 Å². The van der Waals surface area contributed by atoms with Crippen LogP contribution in [-0.2, 0) is 9.53 Å². The van der Waals surface area contributed by atoms with E-state index in [4.69, 9.17) is 4.74 Å². The van der Waals surface area contributed by atoms with Crippen molar-refractivity contribution in [2.24, 2.45) is 0 Å². The van der Waals surface area contributed by atoms with Crippen molar-refractivity contribution >= 4 is 5.97 Å². The lowest BCUT2D eigenvalue weighted by Gasteiger charge is -2.29. The first-order valence-corrected chi connectivity index (χ1v) is 5.25. The average Bonchev–Trinajstić information content (AvgIpc) is 2.15. The highest BCUT2D eigenvalue weighted by Gasteiger charge is 2.30. The Bertz CT molecular complexity index is 219. The van der Waals surface area contributed by atoms with E-state index in [1.165, 1.54) is 0 Å². The van der Waals surface area contributed by atoms with E-state index in [0.29, 0.717) is 6.54 Å². The fourth-order valence-corrected chi connectivity index (χ4v) is 1.43. The third-order valence-electron chi connectivity index (χ3n) is 2.10. The van der Waals surface area contributed by atoms with Gasteiger partial charge in [0.15, 0.2) is 6.10 Å². The van der Waals surface area contributed by atoms with Gasteiger partial charge in [0.1, 0.15) is 5.60 Å². The maximum absolute atomic E-state index is 11.5. The van der Waals surface area contributed by atoms with Crippen molar-refractivity contribution in [3.8, 4) is 0 Å². The molecule has 3 N–H and O–H groups in total. The first kappa shape index (κ1) is 12.4. The molecule has 0 aromatic rings. The van der Waals surface area contributed by atoms with Crippen LogP contribution in [0.4, 0.5) is 0 Å². The molecule has 0 saturated carbocycles. The summed E-state index contributed by atoms with van der Waals surface area (Å²) in [5.41, 5.74) is -0.555. The molecule has 0 amide bonds. The minimum Gasteiger partial charge on any atom is -0.458 e. The van der Waals surface area contributed by atoms with E-state index in [1.54, 1.807) is 20.8 Å². The molecule has 0 bridgehead atoms. The Hall–Kier alpha value is -0.650. The molecule has 1 fully saturated rings. The van der Waals surface area contributed by atoms with Gasteiger partial charge in [0, 0.05) is 19.6 Å². The van der Waals surface area contributed by atoms with Gasteiger partial charge in [0.25, 0.3) is 0 Å². The summed E-state index contributed by atoms with van der Waals surface area (Å²) in [4.78, 5) is 11.5. The standard InChI is InChI=1S/C10H20N2O3/c1-10(2,3)15-9(14)8(13)7-6-11-4-5-12-7/h7-8,11-13H,4-6H2,1-3H3. The monoisotopic (exact) mass is 216 g/mol. The van der Waals surface area contributed by atoms with Gasteiger partial charge in [0.05, 0.1) is 6.04 Å². The maximum atomic E-state index is 11.5. The fourth-order valence-electron chi connectivity index (χ4n) is 1.43. The summed E-state index contributed by atoms with van der Waals surface area (Å²) in [5, 5.41) is 15.9. The summed E-state index contributed by atoms with van der Waals surface area (Å²) in [6.07, 6.45) is -1.10. The minimum absolute atomic E-state index is 0.256. The van der Waals surface area contributed by atoms with E-state index in [-0.39, 0.29) is 6.04 Å². The van der Waals surface area contributed by atoms with Gasteiger partial charge in [-0.05, 0) is 20.8 Å². The molecule has 88 valence electrons. The quantitative estimate of drug-likeness (QED) is 0.530. The van der Waals surface area contributed by atoms with E-state index in [1.807, 2.05) is 0 Å². The predicted molar refractivity (Wildman–Crippen MR) is 56.5 cm³/mol. The first-order valence-electron chi connectivity index (χ1n) is 5.25. The Balaban J connectivity index is 2.44. The van der Waals surface area contributed by atoms with E-state index in [2.05, 4.69) is 10.6 Å². The van der Waals surface area contributed by atoms with Crippen molar-refractivity contribution in [1.82, 2.24) is 10.6 Å². The van der Waals surface area contributed by atoms with Crippen LogP contribution in [0.25, 0.3) is 0 Å². The van der Waals surface area contributed by atoms with Gasteiger partial charge in [-0.2, -0.15) is 0 Å². The summed E-state index contributed by atoms with van der Waals surface area (Å²) in [7, 11) is 0. The number of hydrogen-bond acceptors (Lipinski definition) is 5. The van der Waals surface area contributed by atoms with E-state index in [0.717, 1.165) is 13.1 Å². The second kappa shape index (κ2) is 4.92. The van der Waals surface area contributed by atoms with Gasteiger partial charge in [-0.25, -0.2) is 4.79 Å². The molecule has 15 heavy (non-hydrogen) atoms. The van der Waals surface area contributed by atoms with Crippen molar-refractivity contribution < 1.29 is 14.6 Å². The van der Waals surface area contributed by atoms with Crippen LogP contribution >= 0.6 is 0 Å². The number of hydrogen-bond donors (Lipinski definition) is 3. The molecular formula is C10H20N2O3. The second-order valence-corrected chi connectivity index (χ2v) is 4.74. The Morgan fingerprint density at radius 3 is 2.60 bits per heavy atom. The normalized spacial score (nSPS) is 24.7. The smallest absolute Gasteiger partial charge is 0.337 e. The number of esters is 1. The van der Waals surface area contributed by atoms with Crippen LogP contribution in [0.3, 0.4) is 0 Å². The number of nitrogens with one attached hydrogen (secondary N) is 2. The SMILES string of the molecule is CC(C)(C)OC(=O)C(O)C1CNCCN1. The molecule has 0 aliphatic carbocycles. The van der Waals surface area contributed by atoms with E-state index in [9.17, 15) is 9.90 Å². The number of ether oxygens (including phenoxy) is 1. The minimum atomic E-state index is -1.10. The van der Waals surface area contributed by atoms with Gasteiger partial charge < -0.3 is 20.5 Å². The molecule has 1 saturated heterocycles. The summed E-state index contributed by atoms with van der Waals surface area (Å²) in [6.45, 7) is 7.54. The molecule has 1 aliphatic rings. The highest BCUT2D eigenvalue weighted by atomic mass is 16.6. The number of carbonyl (C=O) groups excluding carboxylic acids is 1. The van der Waals surface area contributed by atoms with Gasteiger partial charge in [-0.15, -0.1) is 0 Å². The molecule has 5 heteroatoms. The predicted octanol–water partition coefficient (Wildman–Crippen LogP) is -0.750. The zero-order valence-corrected chi connectivity index (χ0v) is 9.54. The molecule has 0 aromatic heterocycles. The number of aliphatic hydroxyl groups excluding tert-OH is 1. The lowest BCUT2D eigenvalue weighted by atomic mass is 10.1. The highest BCUT2D eigenvalue weighted by molar-refractivity contribution is 5.75. The van der Waals surface area contributed by atoms with Crippen LogP contribution in [0.2, 0.25) is 0 Å². The Kier molecular flexibility index (Phi) is 4.07. The molecule has 0 radical (unpaired) electrons. The third-order valence-corrected chi connectivity index (χ3v) is 2.10. The number of carbonyl (C=O) groups is 1. The zero-order chi connectivity index (χ0) is 11.5. The van der Waals surface area contributed by atoms with Gasteiger partial charge in [-0.3, -0.25) is 0 Å². The number of aliphatic hydroxyl groups is 1. The Labute approximate surface area is 90.2 Å². The van der Waals surface area contributed by atoms with Crippen molar-refractivity contribution in [2.45, 2.75) is 38.5 Å². The molecule has 1 heterocycles. The second-order valence-electron chi connectivity index (χ2n) is 4.74. The van der Waals surface area contributed by atoms with E-state index < -0.39 is 17.7 Å². The molecule has 2 atom stereocenters. The molecule has 0 spiro atoms. The molecule has 5 nitrogen and oxygen atoms in total. The maximum Gasteiger partial charge on any atom is 0.337 e. The Morgan fingerprint density at radius 1 is 1.47 bits per heavy atom. The summed E-state index contributed by atoms with van der Waals surface area (Å²) < 4.78 is 5.10. The fraction of sp³-hybridized carbons (Fsp3) is 0.900. The topological polar surface area (TPSA) is 70.6 Å². The van der Waals surface area contributed by atoms with Crippen LogP contribution in [0.1, 0.15) is 20.8 Å². The van der Waals surface area contributed by atoms with Crippen LogP contribution in [0.5, 0.6) is 0 Å². The Morgan fingerprint density at radius 2 is 2.13 bits per heavy atom. The van der Waals surface area contributed by atoms with Gasteiger partial charge >= 0.3 is 5.97 Å². The molecule has 1 aliphatic heterocycles. The molecule has 1 rings (SSSR count). The lowest BCUT2D eigenvalue weighted by molar-refractivity contribution is -0.166. The van der Waals surface area contributed by atoms with Gasteiger partial charge in [0.2, 0.25) is 0 Å². The van der Waals surface area contributed by atoms with Crippen LogP contribution in [0.15, 0.2) is 0 Å². The van der Waals surface area contributed by atoms with Crippen LogP contribution < -0.4 is 10.6 Å². The van der Waals surface area contributed by atoms with Crippen molar-refractivity contribution in [3.63, 3.8) is 0 Å². The van der Waals surface area contributed by atoms with Crippen LogP contribution in [0, 0.1) is 0 Å². The van der Waals surface area contributed by atoms with Crippen molar-refractivity contribution in [3.05, 3.63) is 0 Å². The number of piperazine rings is 1. The zero-order valence-electron chi connectivity index (χ0n) is 9.54. The van der Waals surface area contributed by atoms with Gasteiger partial charge in [-0.1, -0.05) is 0 Å². The van der Waals surface area contributed by atoms with E-state index >= 15 is 0 Å². The number of rotatable bonds is 2. The lowest BCUT2D eigenvalue weighted by Crippen LogP contribution is -2.56. The summed E-state index contributed by atoms with van der Waals surface area (Å²) >= 11 is 0. The summed E-state index contributed by atoms with van der Waals surface area (Å²) in [6, 6.07) is -0.256. The van der Waals surface area contributed by atoms with Crippen molar-refractivity contribution in [2.75, 3.05) is 19.6 Å². The first-order chi connectivity index (χ1) is 6.90. The third kappa shape index (κ3) is 4.15. The summed E-state index contributed by atoms with van der Waals surface area (Å²) in [5.74, 6) is -0.566. The largest absolute Gasteiger partial charge is 0.458 e. The van der Waals surface area contributed by atoms with Crippen molar-refractivity contribution in [1.29, 1.82) is 0 Å². The average molecular weight is 216 g/mol. The highest BCUT2D eigenvalue weighted by Crippen LogP contribution is 2.10. The molecular weight excluding hydrogens is 196 g/mol.